The molecule has 7 nitrogen and oxygen atoms in total. The normalized spacial score (nSPS) is 14.1. The zero-order chi connectivity index (χ0) is 20.3. The Morgan fingerprint density at radius 1 is 1.11 bits per heavy atom. The standard InChI is InChI=1S/C19H19Cl2N3O4/c1-13-10-14(20)3-5-18(13)28-12-19(25)23-8-6-22(7-9-23)16-4-2-15(21)11-17(16)24(26)27/h2-5,10-11H,6-9,12H2,1H3. The number of nitro benzene ring substituents is 1. The van der Waals surface area contributed by atoms with Crippen molar-refractivity contribution in [3.8, 4) is 5.75 Å². The maximum absolute atomic E-state index is 12.4. The average molecular weight is 424 g/mol. The highest BCUT2D eigenvalue weighted by Gasteiger charge is 2.26. The summed E-state index contributed by atoms with van der Waals surface area (Å²) < 4.78 is 5.61. The van der Waals surface area contributed by atoms with Gasteiger partial charge in [0.15, 0.2) is 6.61 Å². The lowest BCUT2D eigenvalue weighted by Gasteiger charge is -2.35. The van der Waals surface area contributed by atoms with E-state index in [2.05, 4.69) is 0 Å². The number of aryl methyl sites for hydroxylation is 1. The summed E-state index contributed by atoms with van der Waals surface area (Å²) in [6, 6.07) is 9.85. The van der Waals surface area contributed by atoms with Crippen LogP contribution in [-0.2, 0) is 4.79 Å². The fraction of sp³-hybridized carbons (Fsp3) is 0.316. The number of carbonyl (C=O) groups is 1. The molecule has 0 saturated carbocycles. The molecule has 2 aromatic carbocycles. The number of ether oxygens (including phenoxy) is 1. The van der Waals surface area contributed by atoms with Crippen LogP contribution < -0.4 is 9.64 Å². The highest BCUT2D eigenvalue weighted by molar-refractivity contribution is 6.31. The van der Waals surface area contributed by atoms with Gasteiger partial charge in [-0.2, -0.15) is 0 Å². The highest BCUT2D eigenvalue weighted by Crippen LogP contribution is 2.31. The Kier molecular flexibility index (Phi) is 6.26. The Morgan fingerprint density at radius 3 is 2.39 bits per heavy atom. The fourth-order valence-corrected chi connectivity index (χ4v) is 3.51. The van der Waals surface area contributed by atoms with Gasteiger partial charge in [0.05, 0.1) is 4.92 Å². The molecule has 28 heavy (non-hydrogen) atoms. The van der Waals surface area contributed by atoms with E-state index in [9.17, 15) is 14.9 Å². The number of carbonyl (C=O) groups excluding carboxylic acids is 1. The van der Waals surface area contributed by atoms with Gasteiger partial charge in [-0.05, 0) is 42.8 Å². The van der Waals surface area contributed by atoms with Crippen molar-refractivity contribution in [1.29, 1.82) is 0 Å². The van der Waals surface area contributed by atoms with E-state index < -0.39 is 4.92 Å². The van der Waals surface area contributed by atoms with E-state index in [4.69, 9.17) is 27.9 Å². The second kappa shape index (κ2) is 8.67. The predicted molar refractivity (Wildman–Crippen MR) is 109 cm³/mol. The van der Waals surface area contributed by atoms with Gasteiger partial charge < -0.3 is 14.5 Å². The topological polar surface area (TPSA) is 75.9 Å². The van der Waals surface area contributed by atoms with E-state index in [1.54, 1.807) is 35.2 Å². The molecule has 1 saturated heterocycles. The van der Waals surface area contributed by atoms with Crippen molar-refractivity contribution in [2.24, 2.45) is 0 Å². The summed E-state index contributed by atoms with van der Waals surface area (Å²) in [6.45, 7) is 3.71. The van der Waals surface area contributed by atoms with Crippen LogP contribution in [0.2, 0.25) is 10.0 Å². The lowest BCUT2D eigenvalue weighted by atomic mass is 10.2. The molecule has 0 aromatic heterocycles. The third-order valence-corrected chi connectivity index (χ3v) is 5.07. The van der Waals surface area contributed by atoms with Crippen molar-refractivity contribution in [2.75, 3.05) is 37.7 Å². The lowest BCUT2D eigenvalue weighted by molar-refractivity contribution is -0.384. The Hall–Kier alpha value is -2.51. The van der Waals surface area contributed by atoms with Crippen molar-refractivity contribution in [3.05, 3.63) is 62.1 Å². The quantitative estimate of drug-likeness (QED) is 0.537. The summed E-state index contributed by atoms with van der Waals surface area (Å²) in [5, 5.41) is 12.2. The van der Waals surface area contributed by atoms with E-state index in [1.165, 1.54) is 6.07 Å². The molecule has 0 bridgehead atoms. The summed E-state index contributed by atoms with van der Waals surface area (Å²) in [5.74, 6) is 0.493. The largest absolute Gasteiger partial charge is 0.483 e. The molecule has 1 heterocycles. The van der Waals surface area contributed by atoms with Gasteiger partial charge in [-0.1, -0.05) is 23.2 Å². The van der Waals surface area contributed by atoms with E-state index >= 15 is 0 Å². The number of rotatable bonds is 5. The number of nitro groups is 1. The molecule has 1 amide bonds. The van der Waals surface area contributed by atoms with Crippen LogP contribution in [-0.4, -0.2) is 48.5 Å². The number of piperazine rings is 1. The molecule has 1 aliphatic heterocycles. The molecular weight excluding hydrogens is 405 g/mol. The number of amides is 1. The van der Waals surface area contributed by atoms with Crippen molar-refractivity contribution in [3.63, 3.8) is 0 Å². The molecule has 1 aliphatic rings. The predicted octanol–water partition coefficient (Wildman–Crippen LogP) is 3.94. The zero-order valence-corrected chi connectivity index (χ0v) is 16.7. The number of hydrogen-bond donors (Lipinski definition) is 0. The zero-order valence-electron chi connectivity index (χ0n) is 15.2. The molecule has 2 aromatic rings. The van der Waals surface area contributed by atoms with Gasteiger partial charge in [0.1, 0.15) is 11.4 Å². The van der Waals surface area contributed by atoms with Gasteiger partial charge in [0.25, 0.3) is 11.6 Å². The number of hydrogen-bond acceptors (Lipinski definition) is 5. The van der Waals surface area contributed by atoms with Gasteiger partial charge in [-0.15, -0.1) is 0 Å². The minimum atomic E-state index is -0.443. The Bertz CT molecular complexity index is 899. The van der Waals surface area contributed by atoms with E-state index in [0.717, 1.165) is 5.56 Å². The van der Waals surface area contributed by atoms with Gasteiger partial charge in [-0.25, -0.2) is 0 Å². The molecule has 0 N–H and O–H groups in total. The molecule has 0 radical (unpaired) electrons. The first-order valence-electron chi connectivity index (χ1n) is 8.71. The summed E-state index contributed by atoms with van der Waals surface area (Å²) in [7, 11) is 0. The molecule has 0 aliphatic carbocycles. The maximum Gasteiger partial charge on any atom is 0.294 e. The third-order valence-electron chi connectivity index (χ3n) is 4.60. The van der Waals surface area contributed by atoms with E-state index in [0.29, 0.717) is 47.7 Å². The van der Waals surface area contributed by atoms with Crippen LogP contribution in [0, 0.1) is 17.0 Å². The molecule has 0 atom stereocenters. The summed E-state index contributed by atoms with van der Waals surface area (Å²) >= 11 is 11.8. The van der Waals surface area contributed by atoms with Crippen LogP contribution in [0.5, 0.6) is 5.75 Å². The van der Waals surface area contributed by atoms with Gasteiger partial charge in [0.2, 0.25) is 0 Å². The second-order valence-corrected chi connectivity index (χ2v) is 7.33. The molecule has 3 rings (SSSR count). The number of nitrogens with zero attached hydrogens (tertiary/aromatic N) is 3. The summed E-state index contributed by atoms with van der Waals surface area (Å²) in [6.07, 6.45) is 0. The monoisotopic (exact) mass is 423 g/mol. The highest BCUT2D eigenvalue weighted by atomic mass is 35.5. The van der Waals surface area contributed by atoms with Crippen molar-refractivity contribution < 1.29 is 14.5 Å². The summed E-state index contributed by atoms with van der Waals surface area (Å²) in [4.78, 5) is 26.9. The first kappa shape index (κ1) is 20.2. The first-order chi connectivity index (χ1) is 13.3. The van der Waals surface area contributed by atoms with Crippen LogP contribution >= 0.6 is 23.2 Å². The molecule has 148 valence electrons. The van der Waals surface area contributed by atoms with Gasteiger partial charge in [-0.3, -0.25) is 14.9 Å². The van der Waals surface area contributed by atoms with Crippen LogP contribution in [0.1, 0.15) is 5.56 Å². The lowest BCUT2D eigenvalue weighted by Crippen LogP contribution is -2.50. The van der Waals surface area contributed by atoms with E-state index in [-0.39, 0.29) is 18.2 Å². The van der Waals surface area contributed by atoms with Gasteiger partial charge in [0, 0.05) is 42.3 Å². The number of benzene rings is 2. The number of anilines is 1. The minimum Gasteiger partial charge on any atom is -0.483 e. The second-order valence-electron chi connectivity index (χ2n) is 6.46. The molecule has 0 spiro atoms. The summed E-state index contributed by atoms with van der Waals surface area (Å²) in [5.41, 5.74) is 1.34. The smallest absolute Gasteiger partial charge is 0.294 e. The van der Waals surface area contributed by atoms with Crippen molar-refractivity contribution in [1.82, 2.24) is 4.90 Å². The number of halogens is 2. The molecular formula is C19H19Cl2N3O4. The Morgan fingerprint density at radius 2 is 1.75 bits per heavy atom. The van der Waals surface area contributed by atoms with Crippen LogP contribution in [0.4, 0.5) is 11.4 Å². The maximum atomic E-state index is 12.4. The van der Waals surface area contributed by atoms with Crippen molar-refractivity contribution in [2.45, 2.75) is 6.92 Å². The molecule has 9 heteroatoms. The Labute approximate surface area is 172 Å². The average Bonchev–Trinajstić information content (AvgIpc) is 2.67. The molecule has 1 fully saturated rings. The van der Waals surface area contributed by atoms with Gasteiger partial charge >= 0.3 is 0 Å². The van der Waals surface area contributed by atoms with Crippen LogP contribution in [0.25, 0.3) is 0 Å². The Balaban J connectivity index is 1.58. The fourth-order valence-electron chi connectivity index (χ4n) is 3.11. The van der Waals surface area contributed by atoms with E-state index in [1.807, 2.05) is 11.8 Å². The molecule has 0 unspecified atom stereocenters. The van der Waals surface area contributed by atoms with Crippen LogP contribution in [0.15, 0.2) is 36.4 Å². The SMILES string of the molecule is Cc1cc(Cl)ccc1OCC(=O)N1CCN(c2ccc(Cl)cc2[N+](=O)[O-])CC1. The van der Waals surface area contributed by atoms with Crippen LogP contribution in [0.3, 0.4) is 0 Å². The minimum absolute atomic E-state index is 0.0335. The van der Waals surface area contributed by atoms with Crippen molar-refractivity contribution >= 4 is 40.5 Å². The first-order valence-corrected chi connectivity index (χ1v) is 9.46. The third kappa shape index (κ3) is 4.66.